The lowest BCUT2D eigenvalue weighted by Crippen LogP contribution is -2.20. The average molecular weight is 269 g/mol. The second kappa shape index (κ2) is 4.98. The summed E-state index contributed by atoms with van der Waals surface area (Å²) in [7, 11) is 0. The van der Waals surface area contributed by atoms with Gasteiger partial charge in [-0.15, -0.1) is 0 Å². The largest absolute Gasteiger partial charge is 0.490 e. The van der Waals surface area contributed by atoms with Gasteiger partial charge in [0.25, 0.3) is 0 Å². The number of halogens is 1. The molecule has 1 aromatic rings. The maximum Gasteiger partial charge on any atom is 0.162 e. The van der Waals surface area contributed by atoms with E-state index in [1.807, 2.05) is 6.07 Å². The highest BCUT2D eigenvalue weighted by molar-refractivity contribution is 6.31. The van der Waals surface area contributed by atoms with E-state index in [1.165, 1.54) is 6.42 Å². The number of aliphatic hydroxyl groups excluding tert-OH is 1. The zero-order valence-electron chi connectivity index (χ0n) is 10.2. The molecule has 1 fully saturated rings. The van der Waals surface area contributed by atoms with E-state index >= 15 is 0 Å². The normalized spacial score (nSPS) is 21.0. The van der Waals surface area contributed by atoms with Gasteiger partial charge in [0.05, 0.1) is 24.3 Å². The van der Waals surface area contributed by atoms with Gasteiger partial charge in [0.2, 0.25) is 0 Å². The molecule has 0 spiro atoms. The highest BCUT2D eigenvalue weighted by Crippen LogP contribution is 2.43. The highest BCUT2D eigenvalue weighted by atomic mass is 35.5. The topological polar surface area (TPSA) is 38.7 Å². The minimum Gasteiger partial charge on any atom is -0.490 e. The summed E-state index contributed by atoms with van der Waals surface area (Å²) in [4.78, 5) is 0. The Hall–Kier alpha value is -0.930. The molecular weight excluding hydrogens is 252 g/mol. The van der Waals surface area contributed by atoms with E-state index < -0.39 is 6.10 Å². The molecule has 1 aromatic carbocycles. The van der Waals surface area contributed by atoms with Crippen molar-refractivity contribution < 1.29 is 14.6 Å². The van der Waals surface area contributed by atoms with Crippen LogP contribution in [0.5, 0.6) is 11.5 Å². The Morgan fingerprint density at radius 1 is 1.11 bits per heavy atom. The number of hydrogen-bond donors (Lipinski definition) is 1. The molecule has 0 amide bonds. The molecule has 3 nitrogen and oxygen atoms in total. The van der Waals surface area contributed by atoms with Crippen molar-refractivity contribution in [2.75, 3.05) is 13.2 Å². The maximum absolute atomic E-state index is 10.3. The number of hydrogen-bond acceptors (Lipinski definition) is 3. The SMILES string of the molecule is OC(c1cc2c(cc1Cl)OCCCO2)C1CCC1. The van der Waals surface area contributed by atoms with Crippen LogP contribution in [0.25, 0.3) is 0 Å². The second-order valence-electron chi connectivity index (χ2n) is 5.01. The Labute approximate surface area is 112 Å². The van der Waals surface area contributed by atoms with Crippen molar-refractivity contribution in [3.8, 4) is 11.5 Å². The lowest BCUT2D eigenvalue weighted by atomic mass is 9.79. The van der Waals surface area contributed by atoms with Gasteiger partial charge in [-0.2, -0.15) is 0 Å². The standard InChI is InChI=1S/C14H17ClO3/c15-11-8-13-12(17-5-2-6-18-13)7-10(11)14(16)9-3-1-4-9/h7-9,14,16H,1-6H2. The fourth-order valence-corrected chi connectivity index (χ4v) is 2.70. The van der Waals surface area contributed by atoms with Crippen molar-refractivity contribution in [1.29, 1.82) is 0 Å². The third kappa shape index (κ3) is 2.17. The molecule has 0 radical (unpaired) electrons. The van der Waals surface area contributed by atoms with E-state index in [1.54, 1.807) is 6.07 Å². The van der Waals surface area contributed by atoms with Crippen LogP contribution in [0.1, 0.15) is 37.4 Å². The van der Waals surface area contributed by atoms with Crippen LogP contribution in [-0.2, 0) is 0 Å². The summed E-state index contributed by atoms with van der Waals surface area (Å²) < 4.78 is 11.2. The van der Waals surface area contributed by atoms with E-state index in [4.69, 9.17) is 21.1 Å². The minimum atomic E-state index is -0.483. The van der Waals surface area contributed by atoms with E-state index in [9.17, 15) is 5.11 Å². The first kappa shape index (κ1) is 12.1. The zero-order chi connectivity index (χ0) is 12.5. The van der Waals surface area contributed by atoms with Crippen molar-refractivity contribution in [3.63, 3.8) is 0 Å². The summed E-state index contributed by atoms with van der Waals surface area (Å²) >= 11 is 6.24. The molecule has 4 heteroatoms. The van der Waals surface area contributed by atoms with Crippen LogP contribution in [0, 0.1) is 5.92 Å². The monoisotopic (exact) mass is 268 g/mol. The van der Waals surface area contributed by atoms with Crippen LogP contribution in [0.15, 0.2) is 12.1 Å². The van der Waals surface area contributed by atoms with E-state index in [0.29, 0.717) is 35.7 Å². The van der Waals surface area contributed by atoms with Crippen LogP contribution < -0.4 is 9.47 Å². The summed E-state index contributed by atoms with van der Waals surface area (Å²) in [5.74, 6) is 1.72. The number of ether oxygens (including phenoxy) is 2. The number of fused-ring (bicyclic) bond motifs is 1. The fourth-order valence-electron chi connectivity index (χ4n) is 2.44. The Kier molecular flexibility index (Phi) is 3.35. The lowest BCUT2D eigenvalue weighted by Gasteiger charge is -2.31. The molecule has 1 aliphatic heterocycles. The van der Waals surface area contributed by atoms with Crippen molar-refractivity contribution in [3.05, 3.63) is 22.7 Å². The van der Waals surface area contributed by atoms with Crippen LogP contribution in [0.4, 0.5) is 0 Å². The first-order valence-corrected chi connectivity index (χ1v) is 6.90. The Balaban J connectivity index is 1.92. The van der Waals surface area contributed by atoms with Crippen LogP contribution in [0.2, 0.25) is 5.02 Å². The van der Waals surface area contributed by atoms with Gasteiger partial charge in [-0.05, 0) is 24.8 Å². The second-order valence-corrected chi connectivity index (χ2v) is 5.41. The number of benzene rings is 1. The molecule has 2 aliphatic rings. The molecule has 1 unspecified atom stereocenters. The van der Waals surface area contributed by atoms with Crippen molar-refractivity contribution >= 4 is 11.6 Å². The summed E-state index contributed by atoms with van der Waals surface area (Å²) in [6, 6.07) is 3.60. The lowest BCUT2D eigenvalue weighted by molar-refractivity contribution is 0.0619. The predicted octanol–water partition coefficient (Wildman–Crippen LogP) is 3.33. The van der Waals surface area contributed by atoms with Crippen LogP contribution in [0.3, 0.4) is 0 Å². The Morgan fingerprint density at radius 3 is 2.39 bits per heavy atom. The van der Waals surface area contributed by atoms with Gasteiger partial charge in [-0.25, -0.2) is 0 Å². The number of rotatable bonds is 2. The third-order valence-corrected chi connectivity index (χ3v) is 4.11. The summed E-state index contributed by atoms with van der Waals surface area (Å²) in [6.07, 6.45) is 3.73. The fraction of sp³-hybridized carbons (Fsp3) is 0.571. The maximum atomic E-state index is 10.3. The average Bonchev–Trinajstić information content (AvgIpc) is 2.50. The van der Waals surface area contributed by atoms with Crippen LogP contribution >= 0.6 is 11.6 Å². The zero-order valence-corrected chi connectivity index (χ0v) is 10.9. The summed E-state index contributed by atoms with van der Waals surface area (Å²) in [6.45, 7) is 1.29. The quantitative estimate of drug-likeness (QED) is 0.894. The molecule has 18 heavy (non-hydrogen) atoms. The predicted molar refractivity (Wildman–Crippen MR) is 69.4 cm³/mol. The number of aliphatic hydroxyl groups is 1. The van der Waals surface area contributed by atoms with Crippen molar-refractivity contribution in [1.82, 2.24) is 0 Å². The highest BCUT2D eigenvalue weighted by Gasteiger charge is 2.29. The summed E-state index contributed by atoms with van der Waals surface area (Å²) in [5, 5.41) is 10.9. The Bertz CT molecular complexity index is 443. The van der Waals surface area contributed by atoms with Gasteiger partial charge in [-0.3, -0.25) is 0 Å². The van der Waals surface area contributed by atoms with Crippen LogP contribution in [-0.4, -0.2) is 18.3 Å². The minimum absolute atomic E-state index is 0.340. The third-order valence-electron chi connectivity index (χ3n) is 3.78. The molecule has 0 bridgehead atoms. The molecule has 1 aliphatic carbocycles. The molecule has 0 aromatic heterocycles. The van der Waals surface area contributed by atoms with Gasteiger partial charge in [0.15, 0.2) is 11.5 Å². The molecule has 1 heterocycles. The van der Waals surface area contributed by atoms with Gasteiger partial charge >= 0.3 is 0 Å². The van der Waals surface area contributed by atoms with Crippen molar-refractivity contribution in [2.24, 2.45) is 5.92 Å². The Morgan fingerprint density at radius 2 is 1.78 bits per heavy atom. The van der Waals surface area contributed by atoms with E-state index in [2.05, 4.69) is 0 Å². The molecule has 0 saturated heterocycles. The molecule has 1 saturated carbocycles. The van der Waals surface area contributed by atoms with Gasteiger partial charge in [0.1, 0.15) is 0 Å². The molecule has 1 N–H and O–H groups in total. The molecule has 98 valence electrons. The van der Waals surface area contributed by atoms with Gasteiger partial charge in [0, 0.05) is 18.1 Å². The smallest absolute Gasteiger partial charge is 0.162 e. The molecule has 1 atom stereocenters. The van der Waals surface area contributed by atoms with E-state index in [0.717, 1.165) is 24.8 Å². The molecule has 3 rings (SSSR count). The van der Waals surface area contributed by atoms with Gasteiger partial charge in [-0.1, -0.05) is 18.0 Å². The van der Waals surface area contributed by atoms with Crippen molar-refractivity contribution in [2.45, 2.75) is 31.8 Å². The first-order valence-electron chi connectivity index (χ1n) is 6.53. The van der Waals surface area contributed by atoms with E-state index in [-0.39, 0.29) is 0 Å². The van der Waals surface area contributed by atoms with Gasteiger partial charge < -0.3 is 14.6 Å². The first-order chi connectivity index (χ1) is 8.75. The molecular formula is C14H17ClO3. The summed E-state index contributed by atoms with van der Waals surface area (Å²) in [5.41, 5.74) is 0.769.